The molecule has 0 spiro atoms. The molecule has 0 saturated heterocycles. The zero-order valence-corrected chi connectivity index (χ0v) is 11.4. The van der Waals surface area contributed by atoms with Crippen LogP contribution in [0.15, 0.2) is 17.5 Å². The van der Waals surface area contributed by atoms with Gasteiger partial charge in [0.25, 0.3) is 0 Å². The zero-order valence-electron chi connectivity index (χ0n) is 9.78. The zero-order chi connectivity index (χ0) is 11.8. The summed E-state index contributed by atoms with van der Waals surface area (Å²) in [5.41, 5.74) is 7.02. The highest BCUT2D eigenvalue weighted by Crippen LogP contribution is 2.35. The Morgan fingerprint density at radius 2 is 2.19 bits per heavy atom. The minimum absolute atomic E-state index is 0.293. The fourth-order valence-corrected chi connectivity index (χ4v) is 3.57. The Morgan fingerprint density at radius 1 is 1.44 bits per heavy atom. The minimum Gasteiger partial charge on any atom is -0.321 e. The molecule has 4 heteroatoms. The van der Waals surface area contributed by atoms with Gasteiger partial charge in [-0.05, 0) is 31.7 Å². The van der Waals surface area contributed by atoms with Crippen LogP contribution in [0.2, 0.25) is 0 Å². The third-order valence-electron chi connectivity index (χ3n) is 2.35. The van der Waals surface area contributed by atoms with Crippen molar-refractivity contribution in [3.8, 4) is 9.88 Å². The van der Waals surface area contributed by atoms with Crippen molar-refractivity contribution in [3.63, 3.8) is 0 Å². The van der Waals surface area contributed by atoms with Gasteiger partial charge in [-0.15, -0.1) is 22.7 Å². The number of aryl methyl sites for hydroxylation is 1. The van der Waals surface area contributed by atoms with Gasteiger partial charge in [-0.3, -0.25) is 0 Å². The third kappa shape index (κ3) is 2.19. The number of thiophene rings is 1. The van der Waals surface area contributed by atoms with Gasteiger partial charge in [-0.25, -0.2) is 4.98 Å². The maximum Gasteiger partial charge on any atom is 0.133 e. The van der Waals surface area contributed by atoms with Crippen molar-refractivity contribution in [1.29, 1.82) is 0 Å². The third-order valence-corrected chi connectivity index (χ3v) is 4.83. The van der Waals surface area contributed by atoms with Crippen molar-refractivity contribution in [2.45, 2.75) is 32.7 Å². The van der Waals surface area contributed by atoms with E-state index in [4.69, 9.17) is 5.73 Å². The average Bonchev–Trinajstić information content (AvgIpc) is 2.85. The number of thiazole rings is 1. The Kier molecular flexibility index (Phi) is 3.15. The van der Waals surface area contributed by atoms with Crippen LogP contribution in [-0.4, -0.2) is 4.98 Å². The Balaban J connectivity index is 2.48. The van der Waals surface area contributed by atoms with Crippen LogP contribution in [0.1, 0.15) is 31.3 Å². The largest absolute Gasteiger partial charge is 0.321 e. The fourth-order valence-electron chi connectivity index (χ4n) is 1.60. The Hall–Kier alpha value is -0.710. The van der Waals surface area contributed by atoms with Crippen LogP contribution >= 0.6 is 22.7 Å². The van der Waals surface area contributed by atoms with E-state index in [0.717, 1.165) is 17.1 Å². The molecule has 0 bridgehead atoms. The maximum atomic E-state index is 6.17. The number of hydrogen-bond acceptors (Lipinski definition) is 4. The molecule has 0 aliphatic rings. The molecule has 2 rings (SSSR count). The van der Waals surface area contributed by atoms with E-state index in [9.17, 15) is 0 Å². The Labute approximate surface area is 104 Å². The van der Waals surface area contributed by atoms with Crippen LogP contribution in [0.25, 0.3) is 9.88 Å². The molecule has 0 amide bonds. The summed E-state index contributed by atoms with van der Waals surface area (Å²) in [6.45, 7) is 6.21. The lowest BCUT2D eigenvalue weighted by Crippen LogP contribution is -2.28. The summed E-state index contributed by atoms with van der Waals surface area (Å²) in [4.78, 5) is 7.13. The molecule has 0 fully saturated rings. The summed E-state index contributed by atoms with van der Waals surface area (Å²) in [5, 5.41) is 3.18. The lowest BCUT2D eigenvalue weighted by molar-refractivity contribution is 0.559. The van der Waals surface area contributed by atoms with Crippen molar-refractivity contribution < 1.29 is 0 Å². The van der Waals surface area contributed by atoms with Crippen molar-refractivity contribution in [1.82, 2.24) is 4.98 Å². The van der Waals surface area contributed by atoms with Gasteiger partial charge >= 0.3 is 0 Å². The highest BCUT2D eigenvalue weighted by molar-refractivity contribution is 7.21. The molecular formula is C12H16N2S2. The molecule has 2 aromatic rings. The molecule has 2 aromatic heterocycles. The lowest BCUT2D eigenvalue weighted by atomic mass is 10.0. The summed E-state index contributed by atoms with van der Waals surface area (Å²) in [6.07, 6.45) is 0.942. The second-order valence-corrected chi connectivity index (χ2v) is 6.29. The average molecular weight is 252 g/mol. The predicted octanol–water partition coefficient (Wildman–Crippen LogP) is 3.63. The molecule has 2 heterocycles. The number of nitrogens with two attached hydrogens (primary N) is 1. The monoisotopic (exact) mass is 252 g/mol. The molecule has 0 unspecified atom stereocenters. The van der Waals surface area contributed by atoms with E-state index in [0.29, 0.717) is 0 Å². The summed E-state index contributed by atoms with van der Waals surface area (Å²) in [7, 11) is 0. The van der Waals surface area contributed by atoms with Crippen molar-refractivity contribution >= 4 is 22.7 Å². The first-order valence-corrected chi connectivity index (χ1v) is 7.05. The Morgan fingerprint density at radius 3 is 2.62 bits per heavy atom. The van der Waals surface area contributed by atoms with Crippen LogP contribution in [0.3, 0.4) is 0 Å². The smallest absolute Gasteiger partial charge is 0.133 e. The van der Waals surface area contributed by atoms with E-state index in [1.807, 2.05) is 13.8 Å². The summed E-state index contributed by atoms with van der Waals surface area (Å²) < 4.78 is 0. The molecule has 2 N–H and O–H groups in total. The van der Waals surface area contributed by atoms with E-state index in [-0.39, 0.29) is 5.54 Å². The predicted molar refractivity (Wildman–Crippen MR) is 72.0 cm³/mol. The quantitative estimate of drug-likeness (QED) is 0.906. The minimum atomic E-state index is -0.293. The van der Waals surface area contributed by atoms with Crippen LogP contribution in [-0.2, 0) is 12.0 Å². The molecular weight excluding hydrogens is 236 g/mol. The van der Waals surface area contributed by atoms with Gasteiger partial charge in [0.1, 0.15) is 5.01 Å². The van der Waals surface area contributed by atoms with E-state index in [1.165, 1.54) is 9.75 Å². The summed E-state index contributed by atoms with van der Waals surface area (Å²) >= 11 is 3.45. The number of hydrogen-bond donors (Lipinski definition) is 1. The van der Waals surface area contributed by atoms with Gasteiger partial charge in [-0.2, -0.15) is 0 Å². The molecule has 0 aromatic carbocycles. The molecule has 0 saturated carbocycles. The van der Waals surface area contributed by atoms with Gasteiger partial charge in [0.15, 0.2) is 0 Å². The normalized spacial score (nSPS) is 12.0. The SMILES string of the molecule is CCc1nc(-c2cccs2)sc1C(C)(C)N. The number of aromatic nitrogens is 1. The molecule has 0 radical (unpaired) electrons. The van der Waals surface area contributed by atoms with Crippen LogP contribution in [0.4, 0.5) is 0 Å². The second kappa shape index (κ2) is 4.28. The molecule has 86 valence electrons. The van der Waals surface area contributed by atoms with Crippen LogP contribution in [0.5, 0.6) is 0 Å². The number of rotatable bonds is 3. The topological polar surface area (TPSA) is 38.9 Å². The second-order valence-electron chi connectivity index (χ2n) is 4.35. The summed E-state index contributed by atoms with van der Waals surface area (Å²) in [5.74, 6) is 0. The first-order valence-electron chi connectivity index (χ1n) is 5.35. The molecule has 16 heavy (non-hydrogen) atoms. The highest BCUT2D eigenvalue weighted by Gasteiger charge is 2.23. The van der Waals surface area contributed by atoms with E-state index in [2.05, 4.69) is 29.4 Å². The van der Waals surface area contributed by atoms with Gasteiger partial charge in [0.2, 0.25) is 0 Å². The van der Waals surface area contributed by atoms with Gasteiger partial charge in [0.05, 0.1) is 10.6 Å². The summed E-state index contributed by atoms with van der Waals surface area (Å²) in [6, 6.07) is 4.16. The van der Waals surface area contributed by atoms with Gasteiger partial charge in [0, 0.05) is 10.4 Å². The molecule has 0 aliphatic heterocycles. The standard InChI is InChI=1S/C12H16N2S2/c1-4-8-10(12(2,3)13)16-11(14-8)9-6-5-7-15-9/h5-7H,4,13H2,1-3H3. The lowest BCUT2D eigenvalue weighted by Gasteiger charge is -2.17. The van der Waals surface area contributed by atoms with Gasteiger partial charge < -0.3 is 5.73 Å². The van der Waals surface area contributed by atoms with Crippen molar-refractivity contribution in [3.05, 3.63) is 28.1 Å². The Bertz CT molecular complexity index is 464. The van der Waals surface area contributed by atoms with E-state index in [1.54, 1.807) is 22.7 Å². The molecule has 0 aliphatic carbocycles. The van der Waals surface area contributed by atoms with Crippen molar-refractivity contribution in [2.75, 3.05) is 0 Å². The van der Waals surface area contributed by atoms with Crippen LogP contribution < -0.4 is 5.73 Å². The first kappa shape index (κ1) is 11.8. The van der Waals surface area contributed by atoms with E-state index < -0.39 is 0 Å². The first-order chi connectivity index (χ1) is 7.52. The highest BCUT2D eigenvalue weighted by atomic mass is 32.1. The van der Waals surface area contributed by atoms with E-state index >= 15 is 0 Å². The molecule has 0 atom stereocenters. The van der Waals surface area contributed by atoms with Crippen LogP contribution in [0, 0.1) is 0 Å². The molecule has 2 nitrogen and oxygen atoms in total. The fraction of sp³-hybridized carbons (Fsp3) is 0.417. The van der Waals surface area contributed by atoms with Gasteiger partial charge in [-0.1, -0.05) is 13.0 Å². The maximum absolute atomic E-state index is 6.17. The van der Waals surface area contributed by atoms with Crippen molar-refractivity contribution in [2.24, 2.45) is 5.73 Å². The number of nitrogens with zero attached hydrogens (tertiary/aromatic N) is 1.